The highest BCUT2D eigenvalue weighted by molar-refractivity contribution is 5.93. The van der Waals surface area contributed by atoms with E-state index in [2.05, 4.69) is 42.2 Å². The van der Waals surface area contributed by atoms with E-state index in [1.165, 1.54) is 22.3 Å². The summed E-state index contributed by atoms with van der Waals surface area (Å²) in [5, 5.41) is 0. The zero-order chi connectivity index (χ0) is 26.1. The first-order valence-corrected chi connectivity index (χ1v) is 14.1. The third-order valence-electron chi connectivity index (χ3n) is 10.6. The van der Waals surface area contributed by atoms with E-state index >= 15 is 0 Å². The molecule has 2 aromatic rings. The van der Waals surface area contributed by atoms with Crippen molar-refractivity contribution in [2.24, 2.45) is 17.3 Å². The van der Waals surface area contributed by atoms with Gasteiger partial charge in [-0.05, 0) is 90.3 Å². The van der Waals surface area contributed by atoms with Crippen molar-refractivity contribution in [3.05, 3.63) is 88.8 Å². The average Bonchev–Trinajstić information content (AvgIpc) is 3.50. The number of ether oxygens (including phenoxy) is 1. The van der Waals surface area contributed by atoms with Crippen LogP contribution < -0.4 is 0 Å². The minimum Gasteiger partial charge on any atom is -0.370 e. The molecule has 196 valence electrons. The number of ketones is 1. The predicted octanol–water partition coefficient (Wildman–Crippen LogP) is 7.96. The van der Waals surface area contributed by atoms with Gasteiger partial charge in [0.25, 0.3) is 6.08 Å². The van der Waals surface area contributed by atoms with Gasteiger partial charge in [-0.3, -0.25) is 9.78 Å². The van der Waals surface area contributed by atoms with E-state index in [1.54, 1.807) is 6.20 Å². The second-order valence-electron chi connectivity index (χ2n) is 12.1. The summed E-state index contributed by atoms with van der Waals surface area (Å²) in [4.78, 5) is 16.6. The number of rotatable bonds is 2. The number of hydrogen-bond donors (Lipinski definition) is 0. The third-order valence-corrected chi connectivity index (χ3v) is 10.6. The molecule has 7 rings (SSSR count). The monoisotopic (exact) mass is 513 g/mol. The second-order valence-corrected chi connectivity index (χ2v) is 12.1. The van der Waals surface area contributed by atoms with Crippen molar-refractivity contribution < 1.29 is 18.3 Å². The Morgan fingerprint density at radius 1 is 1.03 bits per heavy atom. The van der Waals surface area contributed by atoms with Crippen LogP contribution in [-0.2, 0) is 9.53 Å². The maximum absolute atomic E-state index is 14.3. The molecule has 38 heavy (non-hydrogen) atoms. The molecule has 0 amide bonds. The van der Waals surface area contributed by atoms with Gasteiger partial charge in [0.1, 0.15) is 5.60 Å². The zero-order valence-corrected chi connectivity index (χ0v) is 21.8. The van der Waals surface area contributed by atoms with Crippen LogP contribution in [0.1, 0.15) is 69.8 Å². The molecule has 0 radical (unpaired) electrons. The number of carbonyl (C=O) groups excluding carboxylic acids is 1. The molecule has 1 saturated heterocycles. The number of allylic oxidation sites excluding steroid dienone is 4. The number of halogens is 2. The van der Waals surface area contributed by atoms with Crippen LogP contribution in [0, 0.1) is 17.3 Å². The number of fused-ring (bicyclic) bond motifs is 5. The Hall–Kier alpha value is -2.92. The number of carbonyl (C=O) groups is 1. The molecule has 3 nitrogen and oxygen atoms in total. The Morgan fingerprint density at radius 2 is 1.87 bits per heavy atom. The third kappa shape index (κ3) is 3.40. The molecule has 5 atom stereocenters. The van der Waals surface area contributed by atoms with Crippen LogP contribution in [0.4, 0.5) is 8.78 Å². The van der Waals surface area contributed by atoms with Gasteiger partial charge in [0.05, 0.1) is 6.61 Å². The molecule has 0 N–H and O–H groups in total. The first-order valence-electron chi connectivity index (χ1n) is 14.1. The minimum atomic E-state index is -1.54. The van der Waals surface area contributed by atoms with Gasteiger partial charge in [-0.25, -0.2) is 0 Å². The quantitative estimate of drug-likeness (QED) is 0.409. The van der Waals surface area contributed by atoms with E-state index < -0.39 is 11.7 Å². The van der Waals surface area contributed by atoms with Crippen LogP contribution in [0.25, 0.3) is 11.1 Å². The lowest BCUT2D eigenvalue weighted by Gasteiger charge is -2.55. The summed E-state index contributed by atoms with van der Waals surface area (Å²) in [7, 11) is 0. The number of nitrogens with zero attached hydrogens (tertiary/aromatic N) is 1. The summed E-state index contributed by atoms with van der Waals surface area (Å²) < 4.78 is 35.0. The number of benzene rings is 1. The SMILES string of the molecule is C[C@]12C[C@H](c3ccc(-c4cccnc4)cc3)C3=C4CCC(=O)C=C4CCC3C1CCC21OCCC1=C(F)F. The minimum absolute atomic E-state index is 0.124. The summed E-state index contributed by atoms with van der Waals surface area (Å²) in [5.74, 6) is 1.000. The summed E-state index contributed by atoms with van der Waals surface area (Å²) >= 11 is 0. The Labute approximate surface area is 222 Å². The molecule has 3 fully saturated rings. The fourth-order valence-electron chi connectivity index (χ4n) is 8.98. The molecule has 2 heterocycles. The van der Waals surface area contributed by atoms with Crippen molar-refractivity contribution in [3.8, 4) is 11.1 Å². The molecule has 1 aliphatic heterocycles. The van der Waals surface area contributed by atoms with Crippen LogP contribution in [0.15, 0.2) is 83.2 Å². The molecule has 4 aliphatic carbocycles. The fourth-order valence-corrected chi connectivity index (χ4v) is 8.98. The first kappa shape index (κ1) is 24.1. The number of hydrogen-bond acceptors (Lipinski definition) is 3. The fraction of sp³-hybridized carbons (Fsp3) is 0.455. The van der Waals surface area contributed by atoms with Gasteiger partial charge < -0.3 is 4.74 Å². The van der Waals surface area contributed by atoms with Gasteiger partial charge in [0.15, 0.2) is 5.78 Å². The van der Waals surface area contributed by atoms with Crippen LogP contribution in [0.2, 0.25) is 0 Å². The summed E-state index contributed by atoms with van der Waals surface area (Å²) in [5.41, 5.74) is 6.52. The Bertz CT molecular complexity index is 1390. The van der Waals surface area contributed by atoms with Gasteiger partial charge in [0, 0.05) is 42.1 Å². The second kappa shape index (κ2) is 8.81. The molecule has 1 aromatic carbocycles. The highest BCUT2D eigenvalue weighted by Gasteiger charge is 2.67. The largest absolute Gasteiger partial charge is 0.370 e. The summed E-state index contributed by atoms with van der Waals surface area (Å²) in [6.45, 7) is 2.63. The van der Waals surface area contributed by atoms with Crippen molar-refractivity contribution in [3.63, 3.8) is 0 Å². The molecule has 5 heteroatoms. The van der Waals surface area contributed by atoms with Gasteiger partial charge in [-0.2, -0.15) is 8.78 Å². The normalized spacial score (nSPS) is 34.2. The van der Waals surface area contributed by atoms with Crippen LogP contribution in [0.3, 0.4) is 0 Å². The molecule has 1 spiro atoms. The maximum atomic E-state index is 14.3. The average molecular weight is 514 g/mol. The molecular weight excluding hydrogens is 480 g/mol. The Balaban J connectivity index is 1.37. The summed E-state index contributed by atoms with van der Waals surface area (Å²) in [6, 6.07) is 12.8. The van der Waals surface area contributed by atoms with Gasteiger partial charge in [-0.1, -0.05) is 42.8 Å². The van der Waals surface area contributed by atoms with Gasteiger partial charge >= 0.3 is 0 Å². The van der Waals surface area contributed by atoms with Gasteiger partial charge in [0.2, 0.25) is 0 Å². The smallest absolute Gasteiger partial charge is 0.272 e. The Morgan fingerprint density at radius 3 is 2.63 bits per heavy atom. The number of pyridine rings is 1. The van der Waals surface area contributed by atoms with Gasteiger partial charge in [-0.15, -0.1) is 0 Å². The first-order chi connectivity index (χ1) is 18.4. The van der Waals surface area contributed by atoms with Crippen molar-refractivity contribution in [2.45, 2.75) is 69.8 Å². The lowest BCUT2D eigenvalue weighted by molar-refractivity contribution is -0.114. The van der Waals surface area contributed by atoms with Crippen LogP contribution in [0.5, 0.6) is 0 Å². The maximum Gasteiger partial charge on any atom is 0.272 e. The standard InChI is InChI=1S/C33H33F2NO2/c1-32-18-27(21-6-4-20(5-7-21)23-3-2-15-36-19-23)30-25-11-9-24(37)17-22(25)8-10-26(30)28(32)12-14-33(32)29(31(34)35)13-16-38-33/h2-7,15,17,19,26-28H,8-14,16,18H2,1H3/t26?,27-,28?,32+,33?/m1/s1. The lowest BCUT2D eigenvalue weighted by Crippen LogP contribution is -2.52. The molecule has 2 saturated carbocycles. The van der Waals surface area contributed by atoms with Crippen molar-refractivity contribution in [1.82, 2.24) is 4.98 Å². The van der Waals surface area contributed by atoms with E-state index in [9.17, 15) is 13.6 Å². The molecule has 3 unspecified atom stereocenters. The van der Waals surface area contributed by atoms with Crippen molar-refractivity contribution in [1.29, 1.82) is 0 Å². The molecule has 1 aromatic heterocycles. The van der Waals surface area contributed by atoms with E-state index in [0.29, 0.717) is 37.7 Å². The van der Waals surface area contributed by atoms with E-state index in [4.69, 9.17) is 4.74 Å². The molecule has 0 bridgehead atoms. The lowest BCUT2D eigenvalue weighted by atomic mass is 9.50. The van der Waals surface area contributed by atoms with E-state index in [0.717, 1.165) is 43.2 Å². The highest BCUT2D eigenvalue weighted by atomic mass is 19.3. The van der Waals surface area contributed by atoms with E-state index in [1.807, 2.05) is 18.3 Å². The van der Waals surface area contributed by atoms with Crippen LogP contribution >= 0.6 is 0 Å². The molecular formula is C33H33F2NO2. The highest BCUT2D eigenvalue weighted by Crippen LogP contribution is 2.70. The van der Waals surface area contributed by atoms with Crippen molar-refractivity contribution in [2.75, 3.05) is 6.61 Å². The number of aromatic nitrogens is 1. The van der Waals surface area contributed by atoms with Crippen molar-refractivity contribution >= 4 is 5.78 Å². The van der Waals surface area contributed by atoms with Crippen LogP contribution in [-0.4, -0.2) is 23.0 Å². The Kier molecular flexibility index (Phi) is 5.59. The predicted molar refractivity (Wildman–Crippen MR) is 142 cm³/mol. The zero-order valence-electron chi connectivity index (χ0n) is 21.8. The van der Waals surface area contributed by atoms with E-state index in [-0.39, 0.29) is 22.7 Å². The summed E-state index contributed by atoms with van der Waals surface area (Å²) in [6.07, 6.45) is 9.97. The topological polar surface area (TPSA) is 39.2 Å². The molecule has 5 aliphatic rings.